The third kappa shape index (κ3) is 47.9. The van der Waals surface area contributed by atoms with E-state index >= 15 is 0 Å². The van der Waals surface area contributed by atoms with Crippen LogP contribution in [0.3, 0.4) is 0 Å². The van der Waals surface area contributed by atoms with Gasteiger partial charge in [0, 0.05) is 125 Å². The highest BCUT2D eigenvalue weighted by atomic mass is 16.7. The number of aliphatic hydroxyl groups is 2. The van der Waals surface area contributed by atoms with Gasteiger partial charge in [0.15, 0.2) is 5.79 Å². The predicted molar refractivity (Wildman–Crippen MR) is 474 cm³/mol. The van der Waals surface area contributed by atoms with Crippen LogP contribution in [0.1, 0.15) is 407 Å². The second-order valence-electron chi connectivity index (χ2n) is 49.5. The Kier molecular flexibility index (Phi) is 40.1. The molecule has 646 valence electrons. The molecule has 0 amide bonds. The zero-order chi connectivity index (χ0) is 85.7. The van der Waals surface area contributed by atoms with E-state index in [9.17, 15) is 5.11 Å². The molecule has 7 rings (SSSR count). The highest BCUT2D eigenvalue weighted by molar-refractivity contribution is 5.05. The van der Waals surface area contributed by atoms with E-state index in [1.165, 1.54) is 77.0 Å². The van der Waals surface area contributed by atoms with Gasteiger partial charge in [0.25, 0.3) is 0 Å². The molecule has 107 heavy (non-hydrogen) atoms. The quantitative estimate of drug-likeness (QED) is 0.119. The first kappa shape index (κ1) is 108. The second kappa shape index (κ2) is 39.6. The van der Waals surface area contributed by atoms with Crippen molar-refractivity contribution in [3.8, 4) is 0 Å². The number of aliphatic hydroxyl groups excluding tert-OH is 2. The van der Waals surface area contributed by atoms with Crippen LogP contribution in [0.4, 0.5) is 0 Å². The van der Waals surface area contributed by atoms with Crippen molar-refractivity contribution in [1.82, 2.24) is 56.8 Å². The number of ether oxygens (including phenoxy) is 2. The fraction of sp³-hybridized carbons (Fsp3) is 1.00. The van der Waals surface area contributed by atoms with Crippen LogP contribution >= 0.6 is 0 Å². The minimum Gasteiger partial charge on any atom is -0.394 e. The van der Waals surface area contributed by atoms with Crippen molar-refractivity contribution in [3.05, 3.63) is 0 Å². The van der Waals surface area contributed by atoms with Gasteiger partial charge in [-0.25, -0.2) is 0 Å². The Hall–Kier alpha value is -0.600. The zero-order valence-electron chi connectivity index (χ0n) is 82.0. The summed E-state index contributed by atoms with van der Waals surface area (Å²) in [6, 6.07) is 1.43. The molecular weight excluding hydrogens is 1320 g/mol. The Bertz CT molecular complexity index is 2370. The first-order valence-corrected chi connectivity index (χ1v) is 42.6. The van der Waals surface area contributed by atoms with Crippen LogP contribution in [0.15, 0.2) is 0 Å². The minimum absolute atomic E-state index is 0.00784. The maximum absolute atomic E-state index is 9.54. The Labute approximate surface area is 671 Å². The molecular formula is C92H199N11O4. The highest BCUT2D eigenvalue weighted by Gasteiger charge is 2.53. The maximum atomic E-state index is 9.54. The van der Waals surface area contributed by atoms with Gasteiger partial charge in [0.1, 0.15) is 6.10 Å². The van der Waals surface area contributed by atoms with Gasteiger partial charge in [-0.2, -0.15) is 0 Å². The molecule has 1 unspecified atom stereocenters. The molecule has 7 heterocycles. The number of nitrogens with one attached hydrogen (secondary N) is 7. The zero-order valence-corrected chi connectivity index (χ0v) is 82.0. The van der Waals surface area contributed by atoms with Crippen molar-refractivity contribution in [2.75, 3.05) is 55.5 Å². The molecule has 0 aliphatic carbocycles. The van der Waals surface area contributed by atoms with Gasteiger partial charge in [0.2, 0.25) is 0 Å². The summed E-state index contributed by atoms with van der Waals surface area (Å²) in [6.07, 6.45) is 18.5. The molecule has 7 fully saturated rings. The van der Waals surface area contributed by atoms with Crippen LogP contribution in [-0.2, 0) is 9.47 Å². The molecule has 0 aromatic rings. The number of hydrogen-bond acceptors (Lipinski definition) is 15. The maximum Gasteiger partial charge on any atom is 0.172 e. The van der Waals surface area contributed by atoms with Crippen LogP contribution in [0.25, 0.3) is 0 Å². The number of piperidine rings is 6. The van der Waals surface area contributed by atoms with Gasteiger partial charge in [-0.15, -0.1) is 0 Å². The van der Waals surface area contributed by atoms with Gasteiger partial charge < -0.3 is 66.7 Å². The lowest BCUT2D eigenvalue weighted by atomic mass is 9.77. The minimum atomic E-state index is -0.508. The van der Waals surface area contributed by atoms with E-state index in [-0.39, 0.29) is 85.3 Å². The predicted octanol–water partition coefficient (Wildman–Crippen LogP) is 19.7. The van der Waals surface area contributed by atoms with Crippen LogP contribution in [0.2, 0.25) is 0 Å². The average Bonchev–Trinajstić information content (AvgIpc) is 1.73. The summed E-state index contributed by atoms with van der Waals surface area (Å²) < 4.78 is 11.7. The molecule has 0 radical (unpaired) electrons. The van der Waals surface area contributed by atoms with E-state index in [1.807, 2.05) is 0 Å². The Morgan fingerprint density at radius 2 is 0.682 bits per heavy atom. The monoisotopic (exact) mass is 1520 g/mol. The van der Waals surface area contributed by atoms with E-state index < -0.39 is 5.79 Å². The van der Waals surface area contributed by atoms with Crippen molar-refractivity contribution in [3.63, 3.8) is 0 Å². The molecule has 7 aliphatic rings. The number of likely N-dealkylation sites (tertiary alicyclic amines) is 2. The fourth-order valence-electron chi connectivity index (χ4n) is 19.6. The summed E-state index contributed by atoms with van der Waals surface area (Å²) in [5.41, 5.74) is 4.66. The smallest absolute Gasteiger partial charge is 0.172 e. The van der Waals surface area contributed by atoms with Crippen molar-refractivity contribution in [1.29, 1.82) is 0 Å². The molecule has 7 saturated heterocycles. The third-order valence-electron chi connectivity index (χ3n) is 22.0. The Balaban J connectivity index is 0. The van der Waals surface area contributed by atoms with Gasteiger partial charge in [-0.05, 0) is 415 Å². The first-order chi connectivity index (χ1) is 46.6. The summed E-state index contributed by atoms with van der Waals surface area (Å²) in [7, 11) is 13.3. The van der Waals surface area contributed by atoms with Gasteiger partial charge >= 0.3 is 0 Å². The largest absolute Gasteiger partial charge is 0.394 e. The molecule has 7 aliphatic heterocycles. The van der Waals surface area contributed by atoms with Crippen molar-refractivity contribution >= 4 is 0 Å². The van der Waals surface area contributed by atoms with E-state index in [0.717, 1.165) is 31.7 Å². The molecule has 0 aromatic carbocycles. The molecule has 9 N–H and O–H groups in total. The molecule has 0 bridgehead atoms. The number of hydrogen-bond donors (Lipinski definition) is 9. The number of rotatable bonds is 7. The highest BCUT2D eigenvalue weighted by Crippen LogP contribution is 2.44. The van der Waals surface area contributed by atoms with E-state index in [0.29, 0.717) is 51.3 Å². The summed E-state index contributed by atoms with van der Waals surface area (Å²) in [4.78, 5) is 9.77. The van der Waals surface area contributed by atoms with E-state index in [4.69, 9.17) is 14.6 Å². The normalized spacial score (nSPS) is 25.7. The molecule has 15 heteroatoms. The first-order valence-electron chi connectivity index (χ1n) is 42.6. The third-order valence-corrected chi connectivity index (χ3v) is 22.0. The lowest BCUT2D eigenvalue weighted by Gasteiger charge is -2.55. The Morgan fingerprint density at radius 3 is 0.925 bits per heavy atom. The van der Waals surface area contributed by atoms with Gasteiger partial charge in [0.05, 0.1) is 19.3 Å². The van der Waals surface area contributed by atoms with Crippen LogP contribution in [-0.4, -0.2) is 215 Å². The molecule has 1 atom stereocenters. The summed E-state index contributed by atoms with van der Waals surface area (Å²) in [6.45, 7) is 99.3. The van der Waals surface area contributed by atoms with Gasteiger partial charge in [-0.1, -0.05) is 27.7 Å². The van der Waals surface area contributed by atoms with E-state index in [1.54, 1.807) is 0 Å². The Morgan fingerprint density at radius 1 is 0.393 bits per heavy atom. The van der Waals surface area contributed by atoms with E-state index in [2.05, 4.69) is 404 Å². The number of nitrogens with zero attached hydrogens (tertiary/aromatic N) is 4. The van der Waals surface area contributed by atoms with Crippen LogP contribution in [0.5, 0.6) is 0 Å². The molecule has 0 saturated carbocycles. The molecule has 15 nitrogen and oxygen atoms in total. The average molecular weight is 1520 g/mol. The fourth-order valence-corrected chi connectivity index (χ4v) is 19.6. The van der Waals surface area contributed by atoms with Gasteiger partial charge in [-0.3, -0.25) is 9.80 Å². The summed E-state index contributed by atoms with van der Waals surface area (Å²) >= 11 is 0. The standard InChI is InChI=1S/C12H26N2.C12H23NO3.C12H27N.C11H24N2.C10H21N.C9H19NO.C9H19N.C9H21N.C8H19N/c1-11(2)8-10(13(5)6)9-12(3,4)14(11)7;1-10(2)7-12(8-11(3,4)13-10)15-6-9(5-14)16-12;1-10(2,3)9-12(7,8)13-11(4,5)6;1-10(2)7-9(13(5)6)8-11(3,4)12-10;1-9(2)7-6-8-10(3,4)11(9)5;1-8(2)5-7(11)6-9(3,4)10-8;1-8(2)6-5-7-9(3,4)10-8;1-7-9(5,6)10-8(2,3)4;1-7(2,3)9-8(4,5)6/h10H,8-9H2,1-7H3;9,13-14H,5-8H2,1-4H3;13H,9H2,1-8H3;9,12H,7-8H2,1-6H3;6-8H2,1-5H3;7,10-11H,5-6H2,1-4H3;10H,5-7H2,1-4H3;10H,7H2,1-6H3;9H,1-6H3. The van der Waals surface area contributed by atoms with Crippen LogP contribution in [0, 0.1) is 5.41 Å². The molecule has 0 aromatic heterocycles. The molecule has 1 spiro atoms. The van der Waals surface area contributed by atoms with Crippen molar-refractivity contribution in [2.45, 2.75) is 537 Å². The van der Waals surface area contributed by atoms with Crippen LogP contribution < -0.4 is 37.2 Å². The second-order valence-corrected chi connectivity index (χ2v) is 49.5. The summed E-state index contributed by atoms with van der Waals surface area (Å²) in [5.74, 6) is -0.508. The lowest BCUT2D eigenvalue weighted by Crippen LogP contribution is -2.63. The lowest BCUT2D eigenvalue weighted by molar-refractivity contribution is -0.216. The SMILES string of the molecule is CC(C)(C)CC(C)(C)NC(C)(C)C.CC(C)(C)NC(C)(C)C.CC1(C)CC(O)CC(C)(C)N1.CC1(C)CC2(CC(C)(C)N1)OCC(CO)O2.CC1(C)CCCC(C)(C)N1.CCC(C)(C)NC(C)(C)C.CN(C)C1CC(C)(C)N(C)C(C)(C)C1.CN(C)C1CC(C)(C)NC(C)(C)C1.CN1C(C)(C)CCCC1(C)C. The topological polar surface area (TPSA) is 156 Å². The van der Waals surface area contributed by atoms with Crippen molar-refractivity contribution in [2.24, 2.45) is 5.41 Å². The summed E-state index contributed by atoms with van der Waals surface area (Å²) in [5, 5.41) is 43.7. The van der Waals surface area contributed by atoms with Crippen molar-refractivity contribution < 1.29 is 19.7 Å².